The number of para-hydroxylation sites is 1. The molecule has 0 radical (unpaired) electrons. The maximum Gasteiger partial charge on any atom is 0.338 e. The van der Waals surface area contributed by atoms with E-state index >= 15 is 0 Å². The molecule has 43 heavy (non-hydrogen) atoms. The molecule has 5 rings (SSSR count). The van der Waals surface area contributed by atoms with Crippen molar-refractivity contribution in [1.82, 2.24) is 4.57 Å². The molecule has 0 unspecified atom stereocenters. The van der Waals surface area contributed by atoms with Crippen molar-refractivity contribution in [3.8, 4) is 17.1 Å². The Kier molecular flexibility index (Phi) is 8.50. The number of thiazole rings is 1. The zero-order valence-corrected chi connectivity index (χ0v) is 25.6. The molecule has 0 fully saturated rings. The highest BCUT2D eigenvalue weighted by atomic mass is 32.1. The molecule has 0 amide bonds. The molecule has 10 heteroatoms. The van der Waals surface area contributed by atoms with E-state index in [1.165, 1.54) is 23.0 Å². The van der Waals surface area contributed by atoms with Crippen LogP contribution in [0.25, 0.3) is 17.4 Å². The van der Waals surface area contributed by atoms with Gasteiger partial charge in [0.05, 0.1) is 41.2 Å². The number of methoxy groups -OCH3 is 1. The van der Waals surface area contributed by atoms with Gasteiger partial charge in [-0.3, -0.25) is 9.36 Å². The summed E-state index contributed by atoms with van der Waals surface area (Å²) in [6.45, 7) is 9.32. The van der Waals surface area contributed by atoms with E-state index in [-0.39, 0.29) is 23.8 Å². The monoisotopic (exact) mass is 600 g/mol. The molecule has 1 aliphatic heterocycles. The Morgan fingerprint density at radius 1 is 1.07 bits per heavy atom. The summed E-state index contributed by atoms with van der Waals surface area (Å²) in [5.41, 5.74) is 2.98. The molecule has 9 nitrogen and oxygen atoms in total. The van der Waals surface area contributed by atoms with Crippen LogP contribution in [-0.2, 0) is 14.3 Å². The first-order valence-electron chi connectivity index (χ1n) is 13.9. The lowest BCUT2D eigenvalue weighted by molar-refractivity contribution is -0.139. The van der Waals surface area contributed by atoms with Crippen LogP contribution >= 0.6 is 11.3 Å². The van der Waals surface area contributed by atoms with E-state index in [1.54, 1.807) is 44.2 Å². The summed E-state index contributed by atoms with van der Waals surface area (Å²) in [5, 5.41) is 0. The highest BCUT2D eigenvalue weighted by Crippen LogP contribution is 2.36. The number of hydrogen-bond donors (Lipinski definition) is 0. The van der Waals surface area contributed by atoms with E-state index in [9.17, 15) is 14.4 Å². The van der Waals surface area contributed by atoms with Gasteiger partial charge in [0.2, 0.25) is 0 Å². The summed E-state index contributed by atoms with van der Waals surface area (Å²) in [6, 6.07) is 15.4. The molecule has 222 valence electrons. The Morgan fingerprint density at radius 2 is 1.84 bits per heavy atom. The van der Waals surface area contributed by atoms with Gasteiger partial charge in [0, 0.05) is 17.2 Å². The van der Waals surface area contributed by atoms with Crippen molar-refractivity contribution in [2.45, 2.75) is 46.8 Å². The van der Waals surface area contributed by atoms with Gasteiger partial charge in [-0.15, -0.1) is 0 Å². The fourth-order valence-corrected chi connectivity index (χ4v) is 6.12. The van der Waals surface area contributed by atoms with E-state index in [4.69, 9.17) is 18.6 Å². The number of allylic oxidation sites excluding steroid dienone is 1. The van der Waals surface area contributed by atoms with Gasteiger partial charge in [-0.1, -0.05) is 41.7 Å². The molecular formula is C33H32N2O7S. The molecule has 4 aromatic rings. The Bertz CT molecular complexity index is 1930. The number of aromatic nitrogens is 1. The Hall–Kier alpha value is -4.70. The average molecular weight is 601 g/mol. The van der Waals surface area contributed by atoms with Crippen molar-refractivity contribution in [3.05, 3.63) is 108 Å². The van der Waals surface area contributed by atoms with Crippen LogP contribution in [0.3, 0.4) is 0 Å². The third-order valence-electron chi connectivity index (χ3n) is 7.00. The van der Waals surface area contributed by atoms with Crippen LogP contribution in [0, 0.1) is 6.92 Å². The maximum absolute atomic E-state index is 14.0. The van der Waals surface area contributed by atoms with Gasteiger partial charge in [0.1, 0.15) is 23.3 Å². The number of carbonyl (C=O) groups is 2. The summed E-state index contributed by atoms with van der Waals surface area (Å²) in [5.74, 6) is 0.584. The minimum Gasteiger partial charge on any atom is -0.491 e. The van der Waals surface area contributed by atoms with E-state index < -0.39 is 18.0 Å². The van der Waals surface area contributed by atoms with Crippen molar-refractivity contribution in [1.29, 1.82) is 0 Å². The minimum atomic E-state index is -0.803. The zero-order chi connectivity index (χ0) is 30.8. The van der Waals surface area contributed by atoms with E-state index in [2.05, 4.69) is 4.99 Å². The molecule has 1 atom stereocenters. The Labute approximate surface area is 252 Å². The lowest BCUT2D eigenvalue weighted by Gasteiger charge is -2.26. The van der Waals surface area contributed by atoms with Crippen LogP contribution in [0.4, 0.5) is 0 Å². The topological polar surface area (TPSA) is 109 Å². The molecule has 0 spiro atoms. The van der Waals surface area contributed by atoms with Crippen molar-refractivity contribution in [2.24, 2.45) is 4.99 Å². The molecule has 2 aromatic carbocycles. The standard InChI is InChI=1S/C33H32N2O7S/c1-7-40-32(38)28-20(5)34-33-35(29(28)24-11-8-9-14-25(24)41-18(2)3)30(36)27(43-33)17-21-15-16-26(42-21)22-12-10-13-23(19(22)4)31(37)39-6/h8-18,29H,7H2,1-6H3/b27-17+/t29-/m1/s1. The molecule has 0 bridgehead atoms. The number of rotatable bonds is 8. The molecule has 0 N–H and O–H groups in total. The SMILES string of the molecule is CCOC(=O)C1=C(C)N=c2s/c(=C/c3ccc(-c4cccc(C(=O)OC)c4C)o3)c(=O)n2[C@@H]1c1ccccc1OC(C)C. The first kappa shape index (κ1) is 29.8. The van der Waals surface area contributed by atoms with Gasteiger partial charge in [0.15, 0.2) is 4.80 Å². The summed E-state index contributed by atoms with van der Waals surface area (Å²) in [6.07, 6.45) is 1.53. The predicted octanol–water partition coefficient (Wildman–Crippen LogP) is 4.94. The number of ether oxygens (including phenoxy) is 3. The van der Waals surface area contributed by atoms with E-state index in [0.717, 1.165) is 11.1 Å². The van der Waals surface area contributed by atoms with Gasteiger partial charge in [0.25, 0.3) is 5.56 Å². The highest BCUT2D eigenvalue weighted by molar-refractivity contribution is 7.07. The first-order valence-corrected chi connectivity index (χ1v) is 14.7. The quantitative estimate of drug-likeness (QED) is 0.264. The summed E-state index contributed by atoms with van der Waals surface area (Å²) in [4.78, 5) is 44.5. The third kappa shape index (κ3) is 5.70. The second-order valence-corrected chi connectivity index (χ2v) is 11.2. The van der Waals surface area contributed by atoms with Crippen LogP contribution in [0.2, 0.25) is 0 Å². The zero-order valence-electron chi connectivity index (χ0n) is 24.8. The molecule has 3 heterocycles. The first-order chi connectivity index (χ1) is 20.6. The summed E-state index contributed by atoms with van der Waals surface area (Å²) in [7, 11) is 1.34. The largest absolute Gasteiger partial charge is 0.491 e. The Balaban J connectivity index is 1.64. The number of esters is 2. The third-order valence-corrected chi connectivity index (χ3v) is 7.98. The van der Waals surface area contributed by atoms with Crippen molar-refractivity contribution in [2.75, 3.05) is 13.7 Å². The van der Waals surface area contributed by atoms with Gasteiger partial charge < -0.3 is 18.6 Å². The van der Waals surface area contributed by atoms with Gasteiger partial charge in [-0.05, 0) is 64.4 Å². The molecule has 2 aromatic heterocycles. The van der Waals surface area contributed by atoms with Crippen LogP contribution in [0.15, 0.2) is 80.1 Å². The van der Waals surface area contributed by atoms with Gasteiger partial charge in [-0.25, -0.2) is 14.6 Å². The highest BCUT2D eigenvalue weighted by Gasteiger charge is 2.35. The van der Waals surface area contributed by atoms with E-state index in [0.29, 0.717) is 43.4 Å². The predicted molar refractivity (Wildman–Crippen MR) is 163 cm³/mol. The molecule has 1 aliphatic rings. The average Bonchev–Trinajstić information content (AvgIpc) is 3.56. The normalized spacial score (nSPS) is 14.9. The van der Waals surface area contributed by atoms with Crippen molar-refractivity contribution < 1.29 is 28.2 Å². The Morgan fingerprint density at radius 3 is 2.56 bits per heavy atom. The van der Waals surface area contributed by atoms with Crippen molar-refractivity contribution >= 4 is 29.4 Å². The second kappa shape index (κ2) is 12.3. The molecule has 0 saturated carbocycles. The fraction of sp³-hybridized carbons (Fsp3) is 0.273. The lowest BCUT2D eigenvalue weighted by Crippen LogP contribution is -2.40. The number of hydrogen-bond acceptors (Lipinski definition) is 9. The number of nitrogens with zero attached hydrogens (tertiary/aromatic N) is 2. The number of furan rings is 1. The van der Waals surface area contributed by atoms with Crippen LogP contribution in [0.1, 0.15) is 61.0 Å². The molecule has 0 aliphatic carbocycles. The van der Waals surface area contributed by atoms with Crippen LogP contribution in [-0.4, -0.2) is 36.3 Å². The maximum atomic E-state index is 14.0. The van der Waals surface area contributed by atoms with Crippen LogP contribution < -0.4 is 19.6 Å². The lowest BCUT2D eigenvalue weighted by atomic mass is 9.95. The van der Waals surface area contributed by atoms with Gasteiger partial charge >= 0.3 is 11.9 Å². The number of carbonyl (C=O) groups excluding carboxylic acids is 2. The van der Waals surface area contributed by atoms with E-state index in [1.807, 2.05) is 51.1 Å². The number of benzene rings is 2. The summed E-state index contributed by atoms with van der Waals surface area (Å²) < 4.78 is 24.4. The van der Waals surface area contributed by atoms with Gasteiger partial charge in [-0.2, -0.15) is 0 Å². The summed E-state index contributed by atoms with van der Waals surface area (Å²) >= 11 is 1.20. The molecule has 0 saturated heterocycles. The second-order valence-electron chi connectivity index (χ2n) is 10.2. The minimum absolute atomic E-state index is 0.127. The number of fused-ring (bicyclic) bond motifs is 1. The van der Waals surface area contributed by atoms with Crippen molar-refractivity contribution in [3.63, 3.8) is 0 Å². The fourth-order valence-electron chi connectivity index (χ4n) is 5.09. The molecular weight excluding hydrogens is 568 g/mol. The smallest absolute Gasteiger partial charge is 0.338 e. The van der Waals surface area contributed by atoms with Crippen LogP contribution in [0.5, 0.6) is 5.75 Å².